The molecule has 0 fully saturated rings. The number of anilines is 1. The Balaban J connectivity index is 0.00000241. The fraction of sp³-hybridized carbons (Fsp3) is 0.154. The third kappa shape index (κ3) is 3.56. The normalized spacial score (nSPS) is 15.6. The molecule has 0 aliphatic carbocycles. The summed E-state index contributed by atoms with van der Waals surface area (Å²) in [5, 5.41) is 5.03. The molecule has 2 aromatic carbocycles. The van der Waals surface area contributed by atoms with Gasteiger partial charge in [0.2, 0.25) is 0 Å². The summed E-state index contributed by atoms with van der Waals surface area (Å²) in [5.74, 6) is 0.844. The van der Waals surface area contributed by atoms with E-state index >= 15 is 0 Å². The first-order valence-corrected chi connectivity index (χ1v) is 12.0. The van der Waals surface area contributed by atoms with Gasteiger partial charge in [0, 0.05) is 41.2 Å². The van der Waals surface area contributed by atoms with Gasteiger partial charge in [0.05, 0.1) is 18.8 Å². The third-order valence-electron chi connectivity index (χ3n) is 6.19. The largest absolute Gasteiger partial charge is 0.497 e. The van der Waals surface area contributed by atoms with Gasteiger partial charge in [-0.05, 0) is 60.0 Å². The van der Waals surface area contributed by atoms with E-state index in [1.807, 2.05) is 36.4 Å². The molecule has 1 aliphatic rings. The summed E-state index contributed by atoms with van der Waals surface area (Å²) >= 11 is 7.99. The highest BCUT2D eigenvalue weighted by molar-refractivity contribution is 7.14. The van der Waals surface area contributed by atoms with E-state index in [-0.39, 0.29) is 7.47 Å². The van der Waals surface area contributed by atoms with Crippen LogP contribution in [0.5, 0.6) is 5.75 Å². The van der Waals surface area contributed by atoms with Crippen LogP contribution in [0.15, 0.2) is 72.2 Å². The summed E-state index contributed by atoms with van der Waals surface area (Å²) in [6.45, 7) is 0.859. The highest BCUT2D eigenvalue weighted by atomic mass is 35.5. The molecule has 1 atom stereocenters. The molecule has 7 heteroatoms. The van der Waals surface area contributed by atoms with Crippen molar-refractivity contribution in [1.29, 1.82) is 0 Å². The van der Waals surface area contributed by atoms with Crippen molar-refractivity contribution in [3.05, 3.63) is 94.1 Å². The molecule has 0 saturated heterocycles. The number of benzene rings is 2. The van der Waals surface area contributed by atoms with Crippen molar-refractivity contribution < 1.29 is 6.16 Å². The molecular formula is C26H23ClN4OS. The molecule has 6 rings (SSSR count). The van der Waals surface area contributed by atoms with Gasteiger partial charge in [0.1, 0.15) is 11.4 Å². The number of nitrogens with zero attached hydrogens (tertiary/aromatic N) is 3. The first-order valence-electron chi connectivity index (χ1n) is 10.8. The zero-order chi connectivity index (χ0) is 22.4. The van der Waals surface area contributed by atoms with Crippen LogP contribution in [0.2, 0.25) is 5.02 Å². The van der Waals surface area contributed by atoms with Gasteiger partial charge in [-0.1, -0.05) is 29.8 Å². The zero-order valence-corrected chi connectivity index (χ0v) is 19.5. The smallest absolute Gasteiger partial charge is 0.186 e. The molecule has 166 valence electrons. The minimum absolute atomic E-state index is 0. The first-order chi connectivity index (χ1) is 16.2. The van der Waals surface area contributed by atoms with E-state index in [4.69, 9.17) is 21.3 Å². The van der Waals surface area contributed by atoms with Crippen molar-refractivity contribution in [3.63, 3.8) is 0 Å². The van der Waals surface area contributed by atoms with Gasteiger partial charge < -0.3 is 14.6 Å². The first kappa shape index (κ1) is 20.3. The van der Waals surface area contributed by atoms with E-state index in [0.29, 0.717) is 0 Å². The maximum absolute atomic E-state index is 6.34. The number of hydrogen-bond donors (Lipinski definition) is 1. The minimum Gasteiger partial charge on any atom is -0.497 e. The second-order valence-electron chi connectivity index (χ2n) is 8.06. The van der Waals surface area contributed by atoms with Crippen LogP contribution in [0, 0.1) is 0 Å². The van der Waals surface area contributed by atoms with E-state index in [9.17, 15) is 0 Å². The molecule has 4 heterocycles. The Labute approximate surface area is 202 Å². The molecule has 1 unspecified atom stereocenters. The molecule has 1 aliphatic heterocycles. The van der Waals surface area contributed by atoms with Crippen LogP contribution in [0.3, 0.4) is 0 Å². The topological polar surface area (TPSA) is 54.0 Å². The summed E-state index contributed by atoms with van der Waals surface area (Å²) in [7, 11) is 1.69. The van der Waals surface area contributed by atoms with Crippen LogP contribution in [0.4, 0.5) is 5.13 Å². The van der Waals surface area contributed by atoms with Gasteiger partial charge in [-0.15, -0.1) is 11.3 Å². The summed E-state index contributed by atoms with van der Waals surface area (Å²) in [6.07, 6.45) is 2.72. The van der Waals surface area contributed by atoms with Gasteiger partial charge in [0.25, 0.3) is 0 Å². The van der Waals surface area contributed by atoms with Crippen molar-refractivity contribution in [2.24, 2.45) is 0 Å². The number of H-pyrrole nitrogens is 1. The summed E-state index contributed by atoms with van der Waals surface area (Å²) in [6, 6.07) is 20.3. The minimum atomic E-state index is 0. The van der Waals surface area contributed by atoms with Crippen molar-refractivity contribution >= 4 is 39.0 Å². The number of methoxy groups -OCH3 is 1. The Morgan fingerprint density at radius 2 is 2.00 bits per heavy atom. The predicted molar refractivity (Wildman–Crippen MR) is 137 cm³/mol. The van der Waals surface area contributed by atoms with E-state index < -0.39 is 0 Å². The molecular weight excluding hydrogens is 452 g/mol. The van der Waals surface area contributed by atoms with Crippen LogP contribution in [-0.4, -0.2) is 28.6 Å². The number of fused-ring (bicyclic) bond motifs is 3. The monoisotopic (exact) mass is 474 g/mol. The Morgan fingerprint density at radius 1 is 1.12 bits per heavy atom. The molecule has 0 amide bonds. The Morgan fingerprint density at radius 3 is 2.79 bits per heavy atom. The van der Waals surface area contributed by atoms with Gasteiger partial charge in [-0.3, -0.25) is 4.98 Å². The molecule has 0 bridgehead atoms. The molecule has 0 spiro atoms. The fourth-order valence-electron chi connectivity index (χ4n) is 4.63. The Hall–Kier alpha value is -3.35. The summed E-state index contributed by atoms with van der Waals surface area (Å²) in [4.78, 5) is 15.5. The second-order valence-corrected chi connectivity index (χ2v) is 9.33. The second kappa shape index (κ2) is 8.21. The lowest BCUT2D eigenvalue weighted by molar-refractivity contribution is 0.414. The van der Waals surface area contributed by atoms with Gasteiger partial charge >= 0.3 is 0 Å². The molecule has 0 saturated carbocycles. The SMILES string of the molecule is COc1ccc(C2c3[nH]c4ccc(Cl)cc4c3CCN2c2nc(-c3ccccn3)cs2)cc1.[HH]. The maximum atomic E-state index is 6.34. The summed E-state index contributed by atoms with van der Waals surface area (Å²) in [5.41, 5.74) is 6.60. The summed E-state index contributed by atoms with van der Waals surface area (Å²) < 4.78 is 5.40. The highest BCUT2D eigenvalue weighted by Gasteiger charge is 2.33. The van der Waals surface area contributed by atoms with Crippen LogP contribution < -0.4 is 9.64 Å². The fourth-order valence-corrected chi connectivity index (χ4v) is 5.67. The Kier molecular flexibility index (Phi) is 5.04. The molecule has 1 N–H and O–H groups in total. The average Bonchev–Trinajstić information content (AvgIpc) is 3.49. The van der Waals surface area contributed by atoms with Gasteiger partial charge in [-0.25, -0.2) is 4.98 Å². The number of rotatable bonds is 4. The predicted octanol–water partition coefficient (Wildman–Crippen LogP) is 6.75. The molecule has 3 aromatic heterocycles. The lowest BCUT2D eigenvalue weighted by Crippen LogP contribution is -2.36. The quantitative estimate of drug-likeness (QED) is 0.313. The average molecular weight is 475 g/mol. The third-order valence-corrected chi connectivity index (χ3v) is 7.30. The van der Waals surface area contributed by atoms with Crippen LogP contribution in [0.1, 0.15) is 24.3 Å². The van der Waals surface area contributed by atoms with E-state index in [1.54, 1.807) is 24.6 Å². The van der Waals surface area contributed by atoms with Crippen molar-refractivity contribution in [2.75, 3.05) is 18.6 Å². The molecule has 5 aromatic rings. The lowest BCUT2D eigenvalue weighted by atomic mass is 9.92. The molecule has 5 nitrogen and oxygen atoms in total. The number of pyridine rings is 1. The van der Waals surface area contributed by atoms with E-state index in [1.165, 1.54) is 22.2 Å². The highest BCUT2D eigenvalue weighted by Crippen LogP contribution is 2.42. The van der Waals surface area contributed by atoms with Crippen LogP contribution in [0.25, 0.3) is 22.3 Å². The number of nitrogens with one attached hydrogen (secondary N) is 1. The number of aromatic nitrogens is 3. The maximum Gasteiger partial charge on any atom is 0.186 e. The van der Waals surface area contributed by atoms with Gasteiger partial charge in [0.15, 0.2) is 5.13 Å². The van der Waals surface area contributed by atoms with E-state index in [2.05, 4.69) is 44.5 Å². The number of aromatic amines is 1. The van der Waals surface area contributed by atoms with Crippen LogP contribution in [-0.2, 0) is 6.42 Å². The molecule has 0 radical (unpaired) electrons. The molecule has 33 heavy (non-hydrogen) atoms. The number of ether oxygens (including phenoxy) is 1. The lowest BCUT2D eigenvalue weighted by Gasteiger charge is -2.36. The number of halogens is 1. The standard InChI is InChI=1S/C26H21ClN4OS.H2/c1-32-18-8-5-16(6-9-18)25-24-19(20-14-17(27)7-10-21(20)29-24)11-13-31(25)26-30-23(15-33-26)22-4-2-3-12-28-22;/h2-10,12,14-15,25,29H,11,13H2,1H3;1H. The van der Waals surface area contributed by atoms with Crippen molar-refractivity contribution in [2.45, 2.75) is 12.5 Å². The number of thiazole rings is 1. The van der Waals surface area contributed by atoms with E-state index in [0.717, 1.165) is 45.8 Å². The van der Waals surface area contributed by atoms with Crippen molar-refractivity contribution in [1.82, 2.24) is 15.0 Å². The van der Waals surface area contributed by atoms with Crippen LogP contribution >= 0.6 is 22.9 Å². The van der Waals surface area contributed by atoms with Gasteiger partial charge in [-0.2, -0.15) is 0 Å². The zero-order valence-electron chi connectivity index (χ0n) is 18.0. The Bertz CT molecular complexity index is 1430. The van der Waals surface area contributed by atoms with Crippen molar-refractivity contribution in [3.8, 4) is 17.1 Å². The number of hydrogen-bond acceptors (Lipinski definition) is 5.